The van der Waals surface area contributed by atoms with Crippen LogP contribution in [-0.2, 0) is 14.8 Å². The Bertz CT molecular complexity index is 1040. The fourth-order valence-corrected chi connectivity index (χ4v) is 5.19. The number of anilines is 1. The standard InChI is InChI=1S/C24H35N3O5S/c1-7-27(8-2)33(29,30)23-16-19(14-15-22(23)32-9-3)25-24(28)17-26(5)18(4)20-12-10-11-13-21(20)31-6/h10-16,18H,7-9,17H2,1-6H3,(H,25,28). The SMILES string of the molecule is CCOc1ccc(NC(=O)CN(C)C(C)c2ccccc2OC)cc1S(=O)(=O)N(CC)CC. The predicted octanol–water partition coefficient (Wildman–Crippen LogP) is 3.76. The highest BCUT2D eigenvalue weighted by molar-refractivity contribution is 7.89. The van der Waals surface area contributed by atoms with E-state index in [0.717, 1.165) is 11.3 Å². The molecule has 1 atom stereocenters. The van der Waals surface area contributed by atoms with Crippen LogP contribution in [0.3, 0.4) is 0 Å². The second-order valence-corrected chi connectivity index (χ2v) is 9.47. The first-order valence-corrected chi connectivity index (χ1v) is 12.5. The van der Waals surface area contributed by atoms with Gasteiger partial charge in [-0.25, -0.2) is 8.42 Å². The molecule has 0 saturated heterocycles. The van der Waals surface area contributed by atoms with Crippen molar-refractivity contribution in [3.05, 3.63) is 48.0 Å². The topological polar surface area (TPSA) is 88.2 Å². The van der Waals surface area contributed by atoms with E-state index in [1.54, 1.807) is 40.0 Å². The Labute approximate surface area is 197 Å². The highest BCUT2D eigenvalue weighted by atomic mass is 32.2. The Morgan fingerprint density at radius 1 is 1.06 bits per heavy atom. The first kappa shape index (κ1) is 26.6. The molecule has 1 amide bonds. The highest BCUT2D eigenvalue weighted by Crippen LogP contribution is 2.31. The molecule has 0 aliphatic rings. The fourth-order valence-electron chi connectivity index (χ4n) is 3.58. The minimum absolute atomic E-state index is 0.0431. The number of carbonyl (C=O) groups is 1. The Kier molecular flexibility index (Phi) is 9.70. The van der Waals surface area contributed by atoms with Gasteiger partial charge in [0.2, 0.25) is 15.9 Å². The molecule has 0 spiro atoms. The van der Waals surface area contributed by atoms with E-state index in [0.29, 0.717) is 25.4 Å². The third-order valence-electron chi connectivity index (χ3n) is 5.49. The molecule has 0 bridgehead atoms. The minimum atomic E-state index is -3.76. The lowest BCUT2D eigenvalue weighted by Crippen LogP contribution is -2.33. The zero-order valence-corrected chi connectivity index (χ0v) is 21.1. The van der Waals surface area contributed by atoms with E-state index in [-0.39, 0.29) is 29.1 Å². The van der Waals surface area contributed by atoms with Crippen LogP contribution in [0.15, 0.2) is 47.4 Å². The Hall–Kier alpha value is -2.62. The van der Waals surface area contributed by atoms with Crippen molar-refractivity contribution < 1.29 is 22.7 Å². The zero-order valence-electron chi connectivity index (χ0n) is 20.3. The van der Waals surface area contributed by atoms with E-state index in [4.69, 9.17) is 9.47 Å². The van der Waals surface area contributed by atoms with Gasteiger partial charge in [0.1, 0.15) is 16.4 Å². The molecule has 1 N–H and O–H groups in total. The van der Waals surface area contributed by atoms with E-state index < -0.39 is 10.0 Å². The van der Waals surface area contributed by atoms with Crippen LogP contribution in [0.1, 0.15) is 39.3 Å². The van der Waals surface area contributed by atoms with Gasteiger partial charge in [0, 0.05) is 30.4 Å². The normalized spacial score (nSPS) is 12.6. The van der Waals surface area contributed by atoms with E-state index in [9.17, 15) is 13.2 Å². The Balaban J connectivity index is 2.22. The lowest BCUT2D eigenvalue weighted by Gasteiger charge is -2.26. The number of nitrogens with one attached hydrogen (secondary N) is 1. The molecule has 1 unspecified atom stereocenters. The van der Waals surface area contributed by atoms with E-state index in [2.05, 4.69) is 5.32 Å². The molecule has 8 nitrogen and oxygen atoms in total. The lowest BCUT2D eigenvalue weighted by molar-refractivity contribution is -0.117. The number of likely N-dealkylation sites (N-methyl/N-ethyl adjacent to an activating group) is 1. The molecule has 0 aliphatic heterocycles. The predicted molar refractivity (Wildman–Crippen MR) is 130 cm³/mol. The maximum absolute atomic E-state index is 13.1. The number of nitrogens with zero attached hydrogens (tertiary/aromatic N) is 2. The number of sulfonamides is 1. The Morgan fingerprint density at radius 2 is 1.73 bits per heavy atom. The average Bonchev–Trinajstić information content (AvgIpc) is 2.80. The van der Waals surface area contributed by atoms with Crippen LogP contribution in [0.25, 0.3) is 0 Å². The van der Waals surface area contributed by atoms with Gasteiger partial charge >= 0.3 is 0 Å². The van der Waals surface area contributed by atoms with Gasteiger partial charge in [-0.3, -0.25) is 9.69 Å². The number of rotatable bonds is 12. The largest absolute Gasteiger partial charge is 0.496 e. The number of hydrogen-bond donors (Lipinski definition) is 1. The fraction of sp³-hybridized carbons (Fsp3) is 0.458. The summed E-state index contributed by atoms with van der Waals surface area (Å²) >= 11 is 0. The number of ether oxygens (including phenoxy) is 2. The molecule has 0 aliphatic carbocycles. The van der Waals surface area contributed by atoms with Crippen LogP contribution in [0, 0.1) is 0 Å². The third kappa shape index (κ3) is 6.46. The van der Waals surface area contributed by atoms with Crippen molar-refractivity contribution in [1.82, 2.24) is 9.21 Å². The van der Waals surface area contributed by atoms with Gasteiger partial charge in [-0.1, -0.05) is 32.0 Å². The maximum atomic E-state index is 13.1. The van der Waals surface area contributed by atoms with Gasteiger partial charge in [0.25, 0.3) is 0 Å². The van der Waals surface area contributed by atoms with Crippen LogP contribution < -0.4 is 14.8 Å². The molecule has 33 heavy (non-hydrogen) atoms. The maximum Gasteiger partial charge on any atom is 0.246 e. The lowest BCUT2D eigenvalue weighted by atomic mass is 10.1. The molecule has 0 radical (unpaired) electrons. The van der Waals surface area contributed by atoms with Crippen molar-refractivity contribution in [2.75, 3.05) is 45.7 Å². The first-order valence-electron chi connectivity index (χ1n) is 11.1. The minimum Gasteiger partial charge on any atom is -0.496 e. The van der Waals surface area contributed by atoms with Gasteiger partial charge in [-0.15, -0.1) is 0 Å². The summed E-state index contributed by atoms with van der Waals surface area (Å²) in [5.74, 6) is 0.772. The second-order valence-electron chi connectivity index (χ2n) is 7.57. The molecule has 0 saturated carbocycles. The van der Waals surface area contributed by atoms with Gasteiger partial charge < -0.3 is 14.8 Å². The summed E-state index contributed by atoms with van der Waals surface area (Å²) in [5.41, 5.74) is 1.37. The molecule has 182 valence electrons. The molecule has 9 heteroatoms. The summed E-state index contributed by atoms with van der Waals surface area (Å²) in [6.45, 7) is 8.48. The monoisotopic (exact) mass is 477 g/mol. The summed E-state index contributed by atoms with van der Waals surface area (Å²) in [6.07, 6.45) is 0. The number of para-hydroxylation sites is 1. The molecule has 2 aromatic rings. The van der Waals surface area contributed by atoms with Crippen molar-refractivity contribution >= 4 is 21.6 Å². The molecular weight excluding hydrogens is 442 g/mol. The van der Waals surface area contributed by atoms with Crippen molar-refractivity contribution in [2.45, 2.75) is 38.6 Å². The number of methoxy groups -OCH3 is 1. The second kappa shape index (κ2) is 12.0. The van der Waals surface area contributed by atoms with Gasteiger partial charge in [-0.2, -0.15) is 4.31 Å². The van der Waals surface area contributed by atoms with E-state index in [1.807, 2.05) is 43.1 Å². The summed E-state index contributed by atoms with van der Waals surface area (Å²) < 4.78 is 38.6. The number of amides is 1. The molecule has 2 rings (SSSR count). The molecule has 2 aromatic carbocycles. The van der Waals surface area contributed by atoms with Crippen molar-refractivity contribution in [3.63, 3.8) is 0 Å². The van der Waals surface area contributed by atoms with Crippen LogP contribution in [-0.4, -0.2) is 63.9 Å². The van der Waals surface area contributed by atoms with Crippen molar-refractivity contribution in [1.29, 1.82) is 0 Å². The summed E-state index contributed by atoms with van der Waals surface area (Å²) in [7, 11) is -0.288. The Morgan fingerprint density at radius 3 is 2.33 bits per heavy atom. The zero-order chi connectivity index (χ0) is 24.6. The van der Waals surface area contributed by atoms with E-state index >= 15 is 0 Å². The highest BCUT2D eigenvalue weighted by Gasteiger charge is 2.26. The summed E-state index contributed by atoms with van der Waals surface area (Å²) in [5, 5.41) is 2.81. The van der Waals surface area contributed by atoms with Crippen LogP contribution in [0.5, 0.6) is 11.5 Å². The number of benzene rings is 2. The first-order chi connectivity index (χ1) is 15.7. The van der Waals surface area contributed by atoms with Crippen LogP contribution in [0.2, 0.25) is 0 Å². The van der Waals surface area contributed by atoms with Gasteiger partial charge in [0.05, 0.1) is 20.3 Å². The smallest absolute Gasteiger partial charge is 0.246 e. The van der Waals surface area contributed by atoms with Gasteiger partial charge in [-0.05, 0) is 45.2 Å². The quantitative estimate of drug-likeness (QED) is 0.501. The van der Waals surface area contributed by atoms with Crippen molar-refractivity contribution in [2.24, 2.45) is 0 Å². The number of carbonyl (C=O) groups excluding carboxylic acids is 1. The third-order valence-corrected chi connectivity index (χ3v) is 7.56. The molecule has 0 heterocycles. The van der Waals surface area contributed by atoms with Crippen molar-refractivity contribution in [3.8, 4) is 11.5 Å². The van der Waals surface area contributed by atoms with Crippen LogP contribution in [0.4, 0.5) is 5.69 Å². The van der Waals surface area contributed by atoms with Crippen LogP contribution >= 0.6 is 0 Å². The average molecular weight is 478 g/mol. The number of hydrogen-bond acceptors (Lipinski definition) is 6. The summed E-state index contributed by atoms with van der Waals surface area (Å²) in [4.78, 5) is 14.7. The summed E-state index contributed by atoms with van der Waals surface area (Å²) in [6, 6.07) is 12.3. The molecular formula is C24H35N3O5S. The molecule has 0 fully saturated rings. The van der Waals surface area contributed by atoms with E-state index in [1.165, 1.54) is 10.4 Å². The molecule has 0 aromatic heterocycles. The van der Waals surface area contributed by atoms with Gasteiger partial charge in [0.15, 0.2) is 0 Å².